The third kappa shape index (κ3) is 3.58. The van der Waals surface area contributed by atoms with Crippen LogP contribution in [0.3, 0.4) is 0 Å². The molecule has 6 nitrogen and oxygen atoms in total. The Balaban J connectivity index is 1.54. The van der Waals surface area contributed by atoms with Crippen molar-refractivity contribution in [1.82, 2.24) is 10.5 Å². The van der Waals surface area contributed by atoms with E-state index in [4.69, 9.17) is 4.52 Å². The van der Waals surface area contributed by atoms with Gasteiger partial charge in [0.2, 0.25) is 0 Å². The molecule has 0 aliphatic carbocycles. The average molecular weight is 413 g/mol. The molecule has 5 rings (SSSR count). The second kappa shape index (κ2) is 7.53. The molecule has 1 aliphatic heterocycles. The van der Waals surface area contributed by atoms with E-state index in [1.807, 2.05) is 54.6 Å². The first kappa shape index (κ1) is 18.2. The molecule has 7 heteroatoms. The number of nitrogens with one attached hydrogen (secondary N) is 1. The molecule has 2 heterocycles. The van der Waals surface area contributed by atoms with Gasteiger partial charge in [-0.1, -0.05) is 41.6 Å². The van der Waals surface area contributed by atoms with Crippen LogP contribution < -0.4 is 5.32 Å². The Kier molecular flexibility index (Phi) is 4.57. The largest absolute Gasteiger partial charge is 0.508 e. The highest BCUT2D eigenvalue weighted by Gasteiger charge is 2.23. The number of aromatic nitrogens is 1. The van der Waals surface area contributed by atoms with Gasteiger partial charge in [-0.05, 0) is 59.8 Å². The lowest BCUT2D eigenvalue weighted by Crippen LogP contribution is -2.18. The SMILES string of the molecule is O=C1NC(=Nc2ccc(O)cc2)C(=Cc2ccc3noc(-c4ccccc4)c3c2)S1. The van der Waals surface area contributed by atoms with Crippen LogP contribution in [0.4, 0.5) is 10.5 Å². The molecule has 30 heavy (non-hydrogen) atoms. The summed E-state index contributed by atoms with van der Waals surface area (Å²) < 4.78 is 5.57. The van der Waals surface area contributed by atoms with Crippen LogP contribution in [-0.4, -0.2) is 21.3 Å². The fourth-order valence-electron chi connectivity index (χ4n) is 3.17. The fraction of sp³-hybridized carbons (Fsp3) is 0. The molecule has 1 aliphatic rings. The van der Waals surface area contributed by atoms with E-state index in [0.717, 1.165) is 33.8 Å². The number of amides is 1. The maximum absolute atomic E-state index is 12.0. The zero-order chi connectivity index (χ0) is 20.5. The Bertz CT molecular complexity index is 1310. The highest BCUT2D eigenvalue weighted by Crippen LogP contribution is 2.32. The summed E-state index contributed by atoms with van der Waals surface area (Å²) in [6, 6.07) is 22.1. The Labute approximate surface area is 175 Å². The van der Waals surface area contributed by atoms with E-state index in [1.54, 1.807) is 24.3 Å². The summed E-state index contributed by atoms with van der Waals surface area (Å²) in [6.07, 6.45) is 1.91. The number of carbonyl (C=O) groups is 1. The maximum Gasteiger partial charge on any atom is 0.289 e. The lowest BCUT2D eigenvalue weighted by atomic mass is 10.1. The summed E-state index contributed by atoms with van der Waals surface area (Å²) in [6.45, 7) is 0. The van der Waals surface area contributed by atoms with Gasteiger partial charge in [-0.3, -0.25) is 4.79 Å². The number of nitrogens with zero attached hydrogens (tertiary/aromatic N) is 2. The first-order valence-corrected chi connectivity index (χ1v) is 10.0. The first-order chi connectivity index (χ1) is 14.7. The topological polar surface area (TPSA) is 87.7 Å². The van der Waals surface area contributed by atoms with E-state index in [1.165, 1.54) is 0 Å². The van der Waals surface area contributed by atoms with E-state index >= 15 is 0 Å². The van der Waals surface area contributed by atoms with Gasteiger partial charge in [0.15, 0.2) is 5.76 Å². The predicted molar refractivity (Wildman–Crippen MR) is 119 cm³/mol. The van der Waals surface area contributed by atoms with E-state index in [2.05, 4.69) is 15.5 Å². The van der Waals surface area contributed by atoms with Gasteiger partial charge >= 0.3 is 0 Å². The number of hydrogen-bond acceptors (Lipinski definition) is 6. The third-order valence-corrected chi connectivity index (χ3v) is 5.40. The van der Waals surface area contributed by atoms with Crippen LogP contribution >= 0.6 is 11.8 Å². The molecule has 0 atom stereocenters. The van der Waals surface area contributed by atoms with Gasteiger partial charge in [0.1, 0.15) is 17.1 Å². The molecule has 4 aromatic rings. The molecule has 1 fully saturated rings. The molecule has 1 saturated heterocycles. The van der Waals surface area contributed by atoms with Gasteiger partial charge in [-0.25, -0.2) is 4.99 Å². The van der Waals surface area contributed by atoms with E-state index < -0.39 is 0 Å². The van der Waals surface area contributed by atoms with Gasteiger partial charge in [-0.15, -0.1) is 0 Å². The maximum atomic E-state index is 12.0. The number of benzene rings is 3. The third-order valence-electron chi connectivity index (χ3n) is 4.58. The van der Waals surface area contributed by atoms with Crippen LogP contribution in [0.1, 0.15) is 5.56 Å². The normalized spacial score (nSPS) is 16.5. The quantitative estimate of drug-likeness (QED) is 0.448. The zero-order valence-electron chi connectivity index (χ0n) is 15.6. The Morgan fingerprint density at radius 2 is 1.83 bits per heavy atom. The van der Waals surface area contributed by atoms with Crippen LogP contribution in [0.15, 0.2) is 87.2 Å². The lowest BCUT2D eigenvalue weighted by Gasteiger charge is -2.01. The molecule has 0 saturated carbocycles. The minimum atomic E-state index is -0.185. The highest BCUT2D eigenvalue weighted by atomic mass is 32.2. The number of amidine groups is 1. The first-order valence-electron chi connectivity index (χ1n) is 9.19. The van der Waals surface area contributed by atoms with Gasteiger partial charge < -0.3 is 14.9 Å². The van der Waals surface area contributed by atoms with Crippen molar-refractivity contribution in [1.29, 1.82) is 0 Å². The van der Waals surface area contributed by atoms with Gasteiger partial charge in [0, 0.05) is 5.56 Å². The van der Waals surface area contributed by atoms with Crippen molar-refractivity contribution in [3.05, 3.63) is 83.3 Å². The Morgan fingerprint density at radius 1 is 1.03 bits per heavy atom. The average Bonchev–Trinajstić information content (AvgIpc) is 3.33. The number of aromatic hydroxyl groups is 1. The van der Waals surface area contributed by atoms with Gasteiger partial charge in [0.25, 0.3) is 5.24 Å². The van der Waals surface area contributed by atoms with E-state index in [-0.39, 0.29) is 11.0 Å². The smallest absolute Gasteiger partial charge is 0.289 e. The van der Waals surface area contributed by atoms with Crippen LogP contribution in [0.2, 0.25) is 0 Å². The van der Waals surface area contributed by atoms with E-state index in [9.17, 15) is 9.90 Å². The monoisotopic (exact) mass is 413 g/mol. The number of fused-ring (bicyclic) bond motifs is 1. The number of hydrogen-bond donors (Lipinski definition) is 2. The van der Waals surface area contributed by atoms with Gasteiger partial charge in [-0.2, -0.15) is 0 Å². The molecule has 0 spiro atoms. The second-order valence-electron chi connectivity index (χ2n) is 6.65. The van der Waals surface area contributed by atoms with Crippen molar-refractivity contribution >= 4 is 45.5 Å². The molecule has 2 N–H and O–H groups in total. The highest BCUT2D eigenvalue weighted by molar-refractivity contribution is 8.18. The van der Waals surface area contributed by atoms with Crippen LogP contribution in [0.5, 0.6) is 5.75 Å². The zero-order valence-corrected chi connectivity index (χ0v) is 16.4. The fourth-order valence-corrected chi connectivity index (χ4v) is 3.90. The minimum absolute atomic E-state index is 0.163. The van der Waals surface area contributed by atoms with Crippen LogP contribution in [0, 0.1) is 0 Å². The summed E-state index contributed by atoms with van der Waals surface area (Å²) in [5, 5.41) is 17.1. The van der Waals surface area contributed by atoms with Crippen LogP contribution in [0.25, 0.3) is 28.3 Å². The number of rotatable bonds is 3. The molecule has 0 radical (unpaired) electrons. The second-order valence-corrected chi connectivity index (χ2v) is 7.67. The van der Waals surface area contributed by atoms with Crippen LogP contribution in [-0.2, 0) is 0 Å². The van der Waals surface area contributed by atoms with Crippen molar-refractivity contribution in [2.45, 2.75) is 0 Å². The van der Waals surface area contributed by atoms with E-state index in [0.29, 0.717) is 22.2 Å². The lowest BCUT2D eigenvalue weighted by molar-refractivity contribution is 0.265. The number of phenolic OH excluding ortho intramolecular Hbond substituents is 1. The summed E-state index contributed by atoms with van der Waals surface area (Å²) >= 11 is 1.09. The number of thioether (sulfide) groups is 1. The van der Waals surface area contributed by atoms with Gasteiger partial charge in [0.05, 0.1) is 16.0 Å². The standard InChI is InChI=1S/C23H15N3O3S/c27-17-9-7-16(8-10-17)24-22-20(30-23(28)25-22)13-14-6-11-19-18(12-14)21(29-26-19)15-4-2-1-3-5-15/h1-13,27H,(H,24,25,28). The summed E-state index contributed by atoms with van der Waals surface area (Å²) in [5.74, 6) is 1.34. The molecule has 0 unspecified atom stereocenters. The Morgan fingerprint density at radius 3 is 2.63 bits per heavy atom. The minimum Gasteiger partial charge on any atom is -0.508 e. The molecular weight excluding hydrogens is 398 g/mol. The van der Waals surface area contributed by atoms with Crippen molar-refractivity contribution in [3.8, 4) is 17.1 Å². The molecule has 1 amide bonds. The van der Waals surface area contributed by atoms with Crippen molar-refractivity contribution < 1.29 is 14.4 Å². The number of aliphatic imine (C=N–C) groups is 1. The molecule has 0 bridgehead atoms. The Hall–Kier alpha value is -3.84. The van der Waals surface area contributed by atoms with Crippen molar-refractivity contribution in [3.63, 3.8) is 0 Å². The predicted octanol–water partition coefficient (Wildman–Crippen LogP) is 5.73. The summed E-state index contributed by atoms with van der Waals surface area (Å²) in [7, 11) is 0. The van der Waals surface area contributed by atoms with Crippen molar-refractivity contribution in [2.24, 2.45) is 4.99 Å². The molecule has 3 aromatic carbocycles. The van der Waals surface area contributed by atoms with Crippen molar-refractivity contribution in [2.75, 3.05) is 0 Å². The molecule has 1 aromatic heterocycles. The number of carbonyl (C=O) groups excluding carboxylic acids is 1. The summed E-state index contributed by atoms with van der Waals surface area (Å²) in [4.78, 5) is 17.2. The molecule has 146 valence electrons. The summed E-state index contributed by atoms with van der Waals surface area (Å²) in [5.41, 5.74) is 3.26. The number of phenols is 1. The molecular formula is C23H15N3O3S.